The van der Waals surface area contributed by atoms with Gasteiger partial charge in [0.1, 0.15) is 0 Å². The van der Waals surface area contributed by atoms with Gasteiger partial charge in [-0.05, 0) is 47.4 Å². The zero-order valence-electron chi connectivity index (χ0n) is 13.9. The van der Waals surface area contributed by atoms with Crippen LogP contribution in [0.5, 0.6) is 0 Å². The molecule has 0 saturated carbocycles. The molecule has 1 rings (SSSR count). The van der Waals surface area contributed by atoms with Crippen molar-refractivity contribution < 1.29 is 18.8 Å². The van der Waals surface area contributed by atoms with Gasteiger partial charge in [0.2, 0.25) is 0 Å². The molecule has 1 saturated heterocycles. The number of carbonyl (C=O) groups is 1. The number of hydrogen-bond acceptors (Lipinski definition) is 6. The van der Waals surface area contributed by atoms with Crippen LogP contribution in [0.3, 0.4) is 0 Å². The lowest BCUT2D eigenvalue weighted by atomic mass is 9.81. The Morgan fingerprint density at radius 3 is 2.14 bits per heavy atom. The molecule has 0 aromatic heterocycles. The fourth-order valence-electron chi connectivity index (χ4n) is 2.18. The zero-order chi connectivity index (χ0) is 16.3. The second kappa shape index (κ2) is 6.65. The van der Waals surface area contributed by atoms with Crippen molar-refractivity contribution in [3.05, 3.63) is 0 Å². The van der Waals surface area contributed by atoms with Gasteiger partial charge >= 0.3 is 13.1 Å². The van der Waals surface area contributed by atoms with Crippen LogP contribution in [0.15, 0.2) is 0 Å². The predicted octanol–water partition coefficient (Wildman–Crippen LogP) is 1.43. The SMILES string of the molecule is CCOC(=O)C(N)(N)CCCCB1OC(C)(C)C(C)(C)O1. The Balaban J connectivity index is 2.31. The average molecular weight is 300 g/mol. The molecule has 0 bridgehead atoms. The molecule has 1 aliphatic heterocycles. The first-order valence-electron chi connectivity index (χ1n) is 7.62. The van der Waals surface area contributed by atoms with E-state index < -0.39 is 11.6 Å². The number of rotatable bonds is 7. The fourth-order valence-corrected chi connectivity index (χ4v) is 2.18. The smallest absolute Gasteiger partial charge is 0.457 e. The Hall–Kier alpha value is -0.625. The molecule has 0 atom stereocenters. The third-order valence-corrected chi connectivity index (χ3v) is 4.24. The van der Waals surface area contributed by atoms with E-state index in [1.165, 1.54) is 0 Å². The van der Waals surface area contributed by atoms with Gasteiger partial charge in [-0.15, -0.1) is 0 Å². The molecule has 0 spiro atoms. The molecule has 0 amide bonds. The van der Waals surface area contributed by atoms with E-state index in [-0.39, 0.29) is 24.9 Å². The molecule has 7 heteroatoms. The van der Waals surface area contributed by atoms with Gasteiger partial charge in [-0.1, -0.05) is 12.8 Å². The van der Waals surface area contributed by atoms with Crippen molar-refractivity contribution in [2.24, 2.45) is 11.5 Å². The van der Waals surface area contributed by atoms with Crippen LogP contribution in [0, 0.1) is 0 Å². The summed E-state index contributed by atoms with van der Waals surface area (Å²) in [5, 5.41) is 0. The maximum absolute atomic E-state index is 11.6. The van der Waals surface area contributed by atoms with Crippen LogP contribution in [0.4, 0.5) is 0 Å². The van der Waals surface area contributed by atoms with Crippen LogP contribution in [0.2, 0.25) is 6.32 Å². The van der Waals surface area contributed by atoms with Gasteiger partial charge in [0.05, 0.1) is 17.8 Å². The zero-order valence-corrected chi connectivity index (χ0v) is 13.9. The molecule has 0 radical (unpaired) electrons. The molecule has 1 heterocycles. The number of hydrogen-bond donors (Lipinski definition) is 2. The van der Waals surface area contributed by atoms with Crippen molar-refractivity contribution in [2.75, 3.05) is 6.61 Å². The summed E-state index contributed by atoms with van der Waals surface area (Å²) in [5.41, 5.74) is 9.50. The topological polar surface area (TPSA) is 96.8 Å². The van der Waals surface area contributed by atoms with Crippen molar-refractivity contribution in [3.63, 3.8) is 0 Å². The van der Waals surface area contributed by atoms with E-state index in [0.29, 0.717) is 6.42 Å². The molecule has 21 heavy (non-hydrogen) atoms. The van der Waals surface area contributed by atoms with Crippen molar-refractivity contribution in [2.45, 2.75) is 77.1 Å². The van der Waals surface area contributed by atoms with Gasteiger partial charge in [0.25, 0.3) is 0 Å². The van der Waals surface area contributed by atoms with Gasteiger partial charge in [0.15, 0.2) is 5.66 Å². The van der Waals surface area contributed by atoms with Gasteiger partial charge in [-0.2, -0.15) is 0 Å². The fraction of sp³-hybridized carbons (Fsp3) is 0.929. The first-order chi connectivity index (χ1) is 9.52. The second-order valence-electron chi connectivity index (χ2n) is 6.69. The van der Waals surface area contributed by atoms with Gasteiger partial charge < -0.3 is 25.5 Å². The Morgan fingerprint density at radius 2 is 1.67 bits per heavy atom. The highest BCUT2D eigenvalue weighted by atomic mass is 16.7. The van der Waals surface area contributed by atoms with Gasteiger partial charge in [-0.3, -0.25) is 0 Å². The number of ether oxygens (including phenoxy) is 1. The summed E-state index contributed by atoms with van der Waals surface area (Å²) >= 11 is 0. The molecular weight excluding hydrogens is 271 g/mol. The predicted molar refractivity (Wildman–Crippen MR) is 82.5 cm³/mol. The van der Waals surface area contributed by atoms with Gasteiger partial charge in [-0.25, -0.2) is 4.79 Å². The van der Waals surface area contributed by atoms with E-state index in [4.69, 9.17) is 25.5 Å². The van der Waals surface area contributed by atoms with E-state index in [2.05, 4.69) is 0 Å². The lowest BCUT2D eigenvalue weighted by Crippen LogP contribution is -2.57. The molecular formula is C14H29BN2O4. The molecule has 0 unspecified atom stereocenters. The highest BCUT2D eigenvalue weighted by Gasteiger charge is 2.50. The van der Waals surface area contributed by atoms with Crippen molar-refractivity contribution >= 4 is 13.1 Å². The summed E-state index contributed by atoms with van der Waals surface area (Å²) in [4.78, 5) is 11.6. The summed E-state index contributed by atoms with van der Waals surface area (Å²) in [7, 11) is -0.220. The van der Waals surface area contributed by atoms with Crippen LogP contribution in [-0.4, -0.2) is 36.6 Å². The first kappa shape index (κ1) is 18.4. The van der Waals surface area contributed by atoms with E-state index in [0.717, 1.165) is 19.2 Å². The number of nitrogens with two attached hydrogens (primary N) is 2. The van der Waals surface area contributed by atoms with E-state index in [1.807, 2.05) is 27.7 Å². The number of carbonyl (C=O) groups excluding carboxylic acids is 1. The Bertz CT molecular complexity index is 356. The van der Waals surface area contributed by atoms with Crippen LogP contribution in [0.1, 0.15) is 53.9 Å². The molecule has 1 aliphatic rings. The Labute approximate surface area is 128 Å². The molecule has 6 nitrogen and oxygen atoms in total. The summed E-state index contributed by atoms with van der Waals surface area (Å²) in [6.07, 6.45) is 2.68. The summed E-state index contributed by atoms with van der Waals surface area (Å²) in [6, 6.07) is 0. The average Bonchev–Trinajstić information content (AvgIpc) is 2.54. The summed E-state index contributed by atoms with van der Waals surface area (Å²) in [5.74, 6) is -0.555. The number of esters is 1. The molecule has 1 fully saturated rings. The minimum Gasteiger partial charge on any atom is -0.464 e. The number of unbranched alkanes of at least 4 members (excludes halogenated alkanes) is 1. The highest BCUT2D eigenvalue weighted by Crippen LogP contribution is 2.38. The Kier molecular flexibility index (Phi) is 5.83. The molecule has 0 aromatic carbocycles. The second-order valence-corrected chi connectivity index (χ2v) is 6.69. The van der Waals surface area contributed by atoms with Crippen molar-refractivity contribution in [1.82, 2.24) is 0 Å². The normalized spacial score (nSPS) is 20.6. The van der Waals surface area contributed by atoms with E-state index in [9.17, 15) is 4.79 Å². The van der Waals surface area contributed by atoms with Crippen LogP contribution >= 0.6 is 0 Å². The third kappa shape index (κ3) is 4.67. The highest BCUT2D eigenvalue weighted by molar-refractivity contribution is 6.45. The quantitative estimate of drug-likeness (QED) is 0.319. The lowest BCUT2D eigenvalue weighted by Gasteiger charge is -2.32. The maximum atomic E-state index is 11.6. The van der Waals surface area contributed by atoms with Crippen LogP contribution in [0.25, 0.3) is 0 Å². The van der Waals surface area contributed by atoms with E-state index in [1.54, 1.807) is 6.92 Å². The van der Waals surface area contributed by atoms with Crippen molar-refractivity contribution in [1.29, 1.82) is 0 Å². The maximum Gasteiger partial charge on any atom is 0.457 e. The van der Waals surface area contributed by atoms with E-state index >= 15 is 0 Å². The van der Waals surface area contributed by atoms with Gasteiger partial charge in [0, 0.05) is 0 Å². The summed E-state index contributed by atoms with van der Waals surface area (Å²) in [6.45, 7) is 10.1. The lowest BCUT2D eigenvalue weighted by molar-refractivity contribution is -0.149. The minimum atomic E-state index is -1.41. The molecule has 4 N–H and O–H groups in total. The molecule has 122 valence electrons. The van der Waals surface area contributed by atoms with Crippen LogP contribution in [-0.2, 0) is 18.8 Å². The summed E-state index contributed by atoms with van der Waals surface area (Å²) < 4.78 is 16.7. The van der Waals surface area contributed by atoms with Crippen molar-refractivity contribution in [3.8, 4) is 0 Å². The first-order valence-corrected chi connectivity index (χ1v) is 7.62. The largest absolute Gasteiger partial charge is 0.464 e. The monoisotopic (exact) mass is 300 g/mol. The van der Waals surface area contributed by atoms with Crippen LogP contribution < -0.4 is 11.5 Å². The molecule has 0 aromatic rings. The molecule has 0 aliphatic carbocycles. The standard InChI is InChI=1S/C14H29BN2O4/c1-6-19-11(18)14(16,17)9-7-8-10-15-20-12(2,3)13(4,5)21-15/h6-10,16-17H2,1-5H3. The third-order valence-electron chi connectivity index (χ3n) is 4.24. The minimum absolute atomic E-state index is 0.220. The Morgan fingerprint density at radius 1 is 1.14 bits per heavy atom.